The fourth-order valence-corrected chi connectivity index (χ4v) is 2.02. The van der Waals surface area contributed by atoms with Crippen LogP contribution in [0.2, 0.25) is 0 Å². The van der Waals surface area contributed by atoms with Gasteiger partial charge in [-0.1, -0.05) is 25.5 Å². The number of aliphatic hydroxyl groups excluding tert-OH is 1. The Morgan fingerprint density at radius 3 is 2.75 bits per heavy atom. The Balaban J connectivity index is 2.63. The second-order valence-electron chi connectivity index (χ2n) is 4.14. The molecule has 0 aromatic heterocycles. The van der Waals surface area contributed by atoms with Gasteiger partial charge in [-0.3, -0.25) is 0 Å². The van der Waals surface area contributed by atoms with E-state index in [1.165, 1.54) is 24.8 Å². The average Bonchev–Trinajstić information content (AvgIpc) is 1.98. The Morgan fingerprint density at radius 1 is 1.50 bits per heavy atom. The van der Waals surface area contributed by atoms with E-state index >= 15 is 0 Å². The molecule has 0 radical (unpaired) electrons. The van der Waals surface area contributed by atoms with E-state index in [-0.39, 0.29) is 6.10 Å². The highest BCUT2D eigenvalue weighted by Crippen LogP contribution is 2.33. The first-order chi connectivity index (χ1) is 5.61. The largest absolute Gasteiger partial charge is 0.389 e. The molecule has 1 fully saturated rings. The number of rotatable bonds is 1. The molecule has 0 saturated heterocycles. The monoisotopic (exact) mass is 168 g/mol. The van der Waals surface area contributed by atoms with Crippen molar-refractivity contribution in [3.05, 3.63) is 11.6 Å². The summed E-state index contributed by atoms with van der Waals surface area (Å²) in [6.07, 6.45) is 5.59. The summed E-state index contributed by atoms with van der Waals surface area (Å²) in [4.78, 5) is 0. The quantitative estimate of drug-likeness (QED) is 0.597. The van der Waals surface area contributed by atoms with Crippen molar-refractivity contribution in [1.29, 1.82) is 0 Å². The standard InChI is InChI=1S/C11H20O/c1-8-5-4-6-11(10(8)3)7-9(2)12/h7-10,12H,4-6H2,1-3H3/b11-7-. The lowest BCUT2D eigenvalue weighted by Crippen LogP contribution is -2.17. The lowest BCUT2D eigenvalue weighted by Gasteiger charge is -2.28. The minimum absolute atomic E-state index is 0.271. The first kappa shape index (κ1) is 9.79. The summed E-state index contributed by atoms with van der Waals surface area (Å²) in [5, 5.41) is 9.23. The van der Waals surface area contributed by atoms with Crippen molar-refractivity contribution in [1.82, 2.24) is 0 Å². The number of hydrogen-bond donors (Lipinski definition) is 1. The third-order valence-electron chi connectivity index (χ3n) is 3.02. The van der Waals surface area contributed by atoms with E-state index in [4.69, 9.17) is 0 Å². The van der Waals surface area contributed by atoms with Crippen molar-refractivity contribution in [2.75, 3.05) is 0 Å². The van der Waals surface area contributed by atoms with Crippen molar-refractivity contribution < 1.29 is 5.11 Å². The summed E-state index contributed by atoms with van der Waals surface area (Å²) >= 11 is 0. The van der Waals surface area contributed by atoms with Crippen LogP contribution in [-0.4, -0.2) is 11.2 Å². The molecule has 1 saturated carbocycles. The van der Waals surface area contributed by atoms with E-state index in [0.717, 1.165) is 5.92 Å². The predicted molar refractivity (Wildman–Crippen MR) is 51.9 cm³/mol. The van der Waals surface area contributed by atoms with Crippen molar-refractivity contribution in [3.8, 4) is 0 Å². The molecule has 1 nitrogen and oxygen atoms in total. The zero-order valence-corrected chi connectivity index (χ0v) is 8.38. The zero-order valence-electron chi connectivity index (χ0n) is 8.38. The summed E-state index contributed by atoms with van der Waals surface area (Å²) in [5.74, 6) is 1.47. The van der Waals surface area contributed by atoms with E-state index in [1.54, 1.807) is 0 Å². The molecule has 0 aliphatic heterocycles. The van der Waals surface area contributed by atoms with E-state index < -0.39 is 0 Å². The lowest BCUT2D eigenvalue weighted by molar-refractivity contribution is 0.238. The molecule has 3 unspecified atom stereocenters. The van der Waals surface area contributed by atoms with E-state index in [9.17, 15) is 5.11 Å². The summed E-state index contributed by atoms with van der Waals surface area (Å²) < 4.78 is 0. The molecular formula is C11H20O. The highest BCUT2D eigenvalue weighted by atomic mass is 16.3. The van der Waals surface area contributed by atoms with Gasteiger partial charge in [0.1, 0.15) is 0 Å². The van der Waals surface area contributed by atoms with Crippen LogP contribution in [-0.2, 0) is 0 Å². The summed E-state index contributed by atoms with van der Waals surface area (Å²) in [6.45, 7) is 6.41. The highest BCUT2D eigenvalue weighted by Gasteiger charge is 2.21. The molecule has 12 heavy (non-hydrogen) atoms. The van der Waals surface area contributed by atoms with Gasteiger partial charge in [-0.05, 0) is 38.0 Å². The van der Waals surface area contributed by atoms with Crippen molar-refractivity contribution >= 4 is 0 Å². The summed E-state index contributed by atoms with van der Waals surface area (Å²) in [5.41, 5.74) is 1.46. The van der Waals surface area contributed by atoms with Gasteiger partial charge in [0.2, 0.25) is 0 Å². The zero-order chi connectivity index (χ0) is 9.14. The van der Waals surface area contributed by atoms with Gasteiger partial charge in [0.05, 0.1) is 6.10 Å². The van der Waals surface area contributed by atoms with Gasteiger partial charge in [-0.15, -0.1) is 0 Å². The first-order valence-electron chi connectivity index (χ1n) is 5.00. The van der Waals surface area contributed by atoms with Gasteiger partial charge in [-0.2, -0.15) is 0 Å². The van der Waals surface area contributed by atoms with Crippen LogP contribution in [0, 0.1) is 11.8 Å². The number of allylic oxidation sites excluding steroid dienone is 1. The molecule has 0 aromatic carbocycles. The molecule has 0 heterocycles. The first-order valence-corrected chi connectivity index (χ1v) is 5.00. The molecule has 0 spiro atoms. The molecule has 1 heteroatoms. The van der Waals surface area contributed by atoms with E-state index in [1.807, 2.05) is 13.0 Å². The SMILES string of the molecule is CC(O)/C=C1/CCCC(C)C1C. The Kier molecular flexibility index (Phi) is 3.33. The highest BCUT2D eigenvalue weighted by molar-refractivity contribution is 5.11. The fraction of sp³-hybridized carbons (Fsp3) is 0.818. The maximum Gasteiger partial charge on any atom is 0.0695 e. The summed E-state index contributed by atoms with van der Waals surface area (Å²) in [6, 6.07) is 0. The van der Waals surface area contributed by atoms with Gasteiger partial charge < -0.3 is 5.11 Å². The Labute approximate surface area is 75.5 Å². The normalized spacial score (nSPS) is 36.8. The van der Waals surface area contributed by atoms with Gasteiger partial charge in [-0.25, -0.2) is 0 Å². The molecule has 0 aromatic rings. The fourth-order valence-electron chi connectivity index (χ4n) is 2.02. The molecular weight excluding hydrogens is 148 g/mol. The van der Waals surface area contributed by atoms with Crippen molar-refractivity contribution in [2.45, 2.75) is 46.1 Å². The molecule has 0 bridgehead atoms. The van der Waals surface area contributed by atoms with Gasteiger partial charge in [0.15, 0.2) is 0 Å². The Hall–Kier alpha value is -0.300. The van der Waals surface area contributed by atoms with E-state index in [0.29, 0.717) is 5.92 Å². The molecule has 1 rings (SSSR count). The average molecular weight is 168 g/mol. The Morgan fingerprint density at radius 2 is 2.17 bits per heavy atom. The molecule has 1 aliphatic rings. The van der Waals surface area contributed by atoms with Crippen molar-refractivity contribution in [3.63, 3.8) is 0 Å². The van der Waals surface area contributed by atoms with Crippen LogP contribution < -0.4 is 0 Å². The number of aliphatic hydroxyl groups is 1. The van der Waals surface area contributed by atoms with E-state index in [2.05, 4.69) is 13.8 Å². The van der Waals surface area contributed by atoms with Crippen LogP contribution in [0.4, 0.5) is 0 Å². The molecule has 3 atom stereocenters. The topological polar surface area (TPSA) is 20.2 Å². The van der Waals surface area contributed by atoms with Crippen molar-refractivity contribution in [2.24, 2.45) is 11.8 Å². The summed E-state index contributed by atoms with van der Waals surface area (Å²) in [7, 11) is 0. The van der Waals surface area contributed by atoms with Gasteiger partial charge >= 0.3 is 0 Å². The van der Waals surface area contributed by atoms with Crippen LogP contribution in [0.1, 0.15) is 40.0 Å². The predicted octanol–water partition coefficient (Wildman–Crippen LogP) is 2.75. The van der Waals surface area contributed by atoms with Crippen LogP contribution in [0.15, 0.2) is 11.6 Å². The minimum atomic E-state index is -0.271. The minimum Gasteiger partial charge on any atom is -0.389 e. The molecule has 1 aliphatic carbocycles. The molecule has 0 amide bonds. The van der Waals surface area contributed by atoms with Crippen LogP contribution in [0.5, 0.6) is 0 Å². The van der Waals surface area contributed by atoms with Crippen LogP contribution in [0.25, 0.3) is 0 Å². The number of hydrogen-bond acceptors (Lipinski definition) is 1. The maximum absolute atomic E-state index is 9.23. The third-order valence-corrected chi connectivity index (χ3v) is 3.02. The second kappa shape index (κ2) is 4.08. The maximum atomic E-state index is 9.23. The van der Waals surface area contributed by atoms with Gasteiger partial charge in [0, 0.05) is 0 Å². The van der Waals surface area contributed by atoms with Gasteiger partial charge in [0.25, 0.3) is 0 Å². The molecule has 70 valence electrons. The smallest absolute Gasteiger partial charge is 0.0695 e. The Bertz CT molecular complexity index is 170. The molecule has 1 N–H and O–H groups in total. The van der Waals surface area contributed by atoms with Crippen LogP contribution >= 0.6 is 0 Å². The van der Waals surface area contributed by atoms with Crippen LogP contribution in [0.3, 0.4) is 0 Å². The third kappa shape index (κ3) is 2.34. The second-order valence-corrected chi connectivity index (χ2v) is 4.14. The lowest BCUT2D eigenvalue weighted by atomic mass is 9.77.